The molecule has 330 valence electrons. The highest BCUT2D eigenvalue weighted by atomic mass is 19.3. The van der Waals surface area contributed by atoms with Crippen molar-refractivity contribution in [1.29, 1.82) is 0 Å². The molecule has 2 aliphatic heterocycles. The van der Waals surface area contributed by atoms with E-state index in [0.717, 1.165) is 12.1 Å². The Kier molecular flexibility index (Phi) is 12.8. The lowest BCUT2D eigenvalue weighted by molar-refractivity contribution is -0.0916. The van der Waals surface area contributed by atoms with Crippen LogP contribution in [-0.2, 0) is 35.5 Å². The maximum atomic E-state index is 13.6. The lowest BCUT2D eigenvalue weighted by Gasteiger charge is -2.20. The molecule has 22 heteroatoms. The fourth-order valence-corrected chi connectivity index (χ4v) is 6.37. The average molecular weight is 879 g/mol. The van der Waals surface area contributed by atoms with Gasteiger partial charge in [0.15, 0.2) is 0 Å². The van der Waals surface area contributed by atoms with Crippen LogP contribution in [0, 0.1) is 0 Å². The van der Waals surface area contributed by atoms with Crippen LogP contribution in [-0.4, -0.2) is 104 Å². The molecule has 0 saturated carbocycles. The summed E-state index contributed by atoms with van der Waals surface area (Å²) in [4.78, 5) is 65.6. The van der Waals surface area contributed by atoms with Crippen LogP contribution in [0.15, 0.2) is 73.3 Å². The van der Waals surface area contributed by atoms with Gasteiger partial charge >= 0.3 is 11.9 Å². The molecular formula is C41H38F4N8O10. The van der Waals surface area contributed by atoms with Crippen LogP contribution in [0.2, 0.25) is 0 Å². The minimum atomic E-state index is -3.22. The number of rotatable bonds is 10. The van der Waals surface area contributed by atoms with Gasteiger partial charge in [-0.05, 0) is 36.4 Å². The molecule has 2 unspecified atom stereocenters. The van der Waals surface area contributed by atoms with Gasteiger partial charge in [-0.15, -0.1) is 0 Å². The molecule has 6 aromatic rings. The summed E-state index contributed by atoms with van der Waals surface area (Å²) in [5.74, 6) is -10.0. The summed E-state index contributed by atoms with van der Waals surface area (Å²) in [6.45, 7) is 3.89. The van der Waals surface area contributed by atoms with E-state index in [1.165, 1.54) is 55.9 Å². The number of esters is 1. The van der Waals surface area contributed by atoms with Gasteiger partial charge in [0.05, 0.1) is 80.6 Å². The smallest absolute Gasteiger partial charge is 0.340 e. The Morgan fingerprint density at radius 3 is 1.52 bits per heavy atom. The minimum Gasteiger partial charge on any atom is -0.478 e. The summed E-state index contributed by atoms with van der Waals surface area (Å²) < 4.78 is 84.2. The third-order valence-electron chi connectivity index (χ3n) is 9.51. The number of carboxylic acids is 1. The number of pyridine rings is 4. The first kappa shape index (κ1) is 44.2. The molecule has 0 radical (unpaired) electrons. The molecule has 0 aromatic carbocycles. The molecule has 63 heavy (non-hydrogen) atoms. The van der Waals surface area contributed by atoms with E-state index >= 15 is 0 Å². The van der Waals surface area contributed by atoms with Crippen LogP contribution in [0.3, 0.4) is 0 Å². The van der Waals surface area contributed by atoms with Crippen LogP contribution >= 0.6 is 0 Å². The van der Waals surface area contributed by atoms with Gasteiger partial charge in [-0.2, -0.15) is 17.6 Å². The first-order chi connectivity index (χ1) is 30.0. The van der Waals surface area contributed by atoms with Crippen molar-refractivity contribution >= 4 is 46.4 Å². The lowest BCUT2D eigenvalue weighted by Crippen LogP contribution is -2.22. The highest BCUT2D eigenvalue weighted by Crippen LogP contribution is 2.29. The van der Waals surface area contributed by atoms with Crippen molar-refractivity contribution in [3.8, 4) is 0 Å². The van der Waals surface area contributed by atoms with Gasteiger partial charge in [0.1, 0.15) is 46.3 Å². The number of nitrogens with one attached hydrogen (secondary N) is 2. The lowest BCUT2D eigenvalue weighted by atomic mass is 10.2. The highest BCUT2D eigenvalue weighted by Gasteiger charge is 2.29. The molecule has 8 heterocycles. The van der Waals surface area contributed by atoms with Crippen molar-refractivity contribution in [2.24, 2.45) is 0 Å². The monoisotopic (exact) mass is 878 g/mol. The third kappa shape index (κ3) is 10.3. The Labute approximate surface area is 354 Å². The number of amides is 2. The van der Waals surface area contributed by atoms with Gasteiger partial charge in [0, 0.05) is 38.6 Å². The number of imidazole rings is 2. The van der Waals surface area contributed by atoms with Crippen molar-refractivity contribution < 1.29 is 65.5 Å². The number of ether oxygens (including phenoxy) is 5. The molecule has 2 fully saturated rings. The van der Waals surface area contributed by atoms with Gasteiger partial charge in [-0.1, -0.05) is 12.1 Å². The molecule has 18 nitrogen and oxygen atoms in total. The van der Waals surface area contributed by atoms with Crippen molar-refractivity contribution in [3.63, 3.8) is 0 Å². The van der Waals surface area contributed by atoms with E-state index in [1.54, 1.807) is 21.2 Å². The fraction of sp³-hybridized carbons (Fsp3) is 0.317. The molecule has 3 N–H and O–H groups in total. The topological polar surface area (TPSA) is 219 Å². The number of alkyl halides is 4. The van der Waals surface area contributed by atoms with E-state index < -0.39 is 47.0 Å². The van der Waals surface area contributed by atoms with Crippen molar-refractivity contribution in [2.75, 3.05) is 57.4 Å². The maximum Gasteiger partial charge on any atom is 0.340 e. The predicted molar refractivity (Wildman–Crippen MR) is 211 cm³/mol. The fourth-order valence-electron chi connectivity index (χ4n) is 6.37. The molecule has 6 aromatic heterocycles. The van der Waals surface area contributed by atoms with E-state index in [-0.39, 0.29) is 46.1 Å². The molecular weight excluding hydrogens is 840 g/mol. The standard InChI is InChI=1S/C21H20F2N4O5.C20H18F2N4O5/c1-21(22,23)17-5-3-4-13(24-17)19(28)26-14-9-27-10-15(16-11-31-6-7-32-16)25-18(27)8-12(14)20(29)30-2;1-20(21,22)16-4-2-3-12(23-16)18(27)25-13-8-26-9-14(15-10-30-5-6-31-15)24-17(26)7-11(13)19(28)29/h3-5,8-10,16H,6-7,11H2,1-2H3,(H,26,28);2-4,7-9,15H,5-6,10H2,1H3,(H,25,27)(H,28,29). The quantitative estimate of drug-likeness (QED) is 0.109. The first-order valence-electron chi connectivity index (χ1n) is 19.1. The number of carbonyl (C=O) groups excluding carboxylic acids is 3. The predicted octanol–water partition coefficient (Wildman–Crippen LogP) is 5.85. The van der Waals surface area contributed by atoms with Gasteiger partial charge in [0.25, 0.3) is 23.7 Å². The molecule has 2 saturated heterocycles. The van der Waals surface area contributed by atoms with E-state index in [0.29, 0.717) is 76.2 Å². The van der Waals surface area contributed by atoms with Crippen LogP contribution in [0.1, 0.15) is 90.5 Å². The average Bonchev–Trinajstić information content (AvgIpc) is 3.90. The van der Waals surface area contributed by atoms with E-state index in [9.17, 15) is 41.8 Å². The number of carboxylic acid groups (broad SMARTS) is 1. The molecule has 0 bridgehead atoms. The zero-order valence-electron chi connectivity index (χ0n) is 33.6. The summed E-state index contributed by atoms with van der Waals surface area (Å²) in [6.07, 6.45) is 5.47. The zero-order valence-corrected chi connectivity index (χ0v) is 33.6. The third-order valence-corrected chi connectivity index (χ3v) is 9.51. The number of halogens is 4. The van der Waals surface area contributed by atoms with Crippen molar-refractivity contribution in [1.82, 2.24) is 28.7 Å². The van der Waals surface area contributed by atoms with Crippen molar-refractivity contribution in [3.05, 3.63) is 119 Å². The molecule has 0 aliphatic carbocycles. The number of fused-ring (bicyclic) bond motifs is 2. The summed E-state index contributed by atoms with van der Waals surface area (Å²) in [7, 11) is 1.21. The number of nitrogens with zero attached hydrogens (tertiary/aromatic N) is 6. The first-order valence-corrected chi connectivity index (χ1v) is 19.1. The Hall–Kier alpha value is -6.88. The highest BCUT2D eigenvalue weighted by molar-refractivity contribution is 6.08. The minimum absolute atomic E-state index is 0.0368. The maximum absolute atomic E-state index is 13.6. The Balaban J connectivity index is 0.000000189. The normalized spacial score (nSPS) is 16.8. The van der Waals surface area contributed by atoms with E-state index in [4.69, 9.17) is 23.7 Å². The molecule has 0 spiro atoms. The van der Waals surface area contributed by atoms with Crippen LogP contribution in [0.4, 0.5) is 28.9 Å². The number of carbonyl (C=O) groups is 4. The summed E-state index contributed by atoms with van der Waals surface area (Å²) in [6, 6.07) is 10.2. The SMILES string of the molecule is CC(F)(F)c1cccc(C(=O)Nc2cn3cc(C4COCCO4)nc3cc2C(=O)O)n1.COC(=O)c1cc2nc(C3COCCO3)cn2cc1NC(=O)c1cccc(C(C)(F)F)n1. The summed E-state index contributed by atoms with van der Waals surface area (Å²) >= 11 is 0. The van der Waals surface area contributed by atoms with Crippen LogP contribution < -0.4 is 10.6 Å². The Morgan fingerprint density at radius 2 is 1.13 bits per heavy atom. The molecule has 2 aliphatic rings. The summed E-state index contributed by atoms with van der Waals surface area (Å²) in [5, 5.41) is 14.6. The Bertz CT molecular complexity index is 2690. The number of hydrogen-bond donors (Lipinski definition) is 3. The summed E-state index contributed by atoms with van der Waals surface area (Å²) in [5.41, 5.74) is 0.226. The Morgan fingerprint density at radius 1 is 0.683 bits per heavy atom. The molecule has 8 rings (SSSR count). The van der Waals surface area contributed by atoms with Crippen LogP contribution in [0.25, 0.3) is 11.3 Å². The second-order valence-electron chi connectivity index (χ2n) is 14.2. The zero-order chi connectivity index (χ0) is 45.1. The van der Waals surface area contributed by atoms with Gasteiger partial charge < -0.3 is 48.2 Å². The number of hydrogen-bond acceptors (Lipinski definition) is 13. The molecule has 2 amide bonds. The largest absolute Gasteiger partial charge is 0.478 e. The number of methoxy groups -OCH3 is 1. The molecule has 2 atom stereocenters. The van der Waals surface area contributed by atoms with Gasteiger partial charge in [-0.25, -0.2) is 29.5 Å². The second kappa shape index (κ2) is 18.2. The number of aromatic carboxylic acids is 1. The number of anilines is 2. The van der Waals surface area contributed by atoms with E-state index in [2.05, 4.69) is 30.6 Å². The second-order valence-corrected chi connectivity index (χ2v) is 14.2. The van der Waals surface area contributed by atoms with Crippen molar-refractivity contribution in [2.45, 2.75) is 37.9 Å². The van der Waals surface area contributed by atoms with Crippen LogP contribution in [0.5, 0.6) is 0 Å². The number of aromatic nitrogens is 6. The van der Waals surface area contributed by atoms with E-state index in [1.807, 2.05) is 0 Å². The van der Waals surface area contributed by atoms with Gasteiger partial charge in [0.2, 0.25) is 0 Å². The van der Waals surface area contributed by atoms with Gasteiger partial charge in [-0.3, -0.25) is 9.59 Å².